The Morgan fingerprint density at radius 2 is 1.57 bits per heavy atom. The minimum atomic E-state index is -0.540. The molecule has 2 rings (SSSR count). The SMILES string of the molecule is COc1ccc(COC(=O)c2ccc(OC)c(OC)c2)cc1F. The van der Waals surface area contributed by atoms with E-state index in [1.165, 1.54) is 39.5 Å². The van der Waals surface area contributed by atoms with Gasteiger partial charge in [-0.3, -0.25) is 0 Å². The van der Waals surface area contributed by atoms with Crippen molar-refractivity contribution in [2.24, 2.45) is 0 Å². The first-order valence-corrected chi connectivity index (χ1v) is 6.80. The molecule has 0 saturated carbocycles. The van der Waals surface area contributed by atoms with Crippen molar-refractivity contribution in [1.29, 1.82) is 0 Å². The second-order valence-corrected chi connectivity index (χ2v) is 4.61. The Kier molecular flexibility index (Phi) is 5.41. The van der Waals surface area contributed by atoms with Crippen molar-refractivity contribution in [3.63, 3.8) is 0 Å². The average molecular weight is 320 g/mol. The van der Waals surface area contributed by atoms with E-state index in [0.29, 0.717) is 22.6 Å². The zero-order valence-corrected chi connectivity index (χ0v) is 13.1. The topological polar surface area (TPSA) is 54.0 Å². The molecule has 6 heteroatoms. The Labute approximate surface area is 133 Å². The Morgan fingerprint density at radius 1 is 0.913 bits per heavy atom. The lowest BCUT2D eigenvalue weighted by Crippen LogP contribution is -2.06. The van der Waals surface area contributed by atoms with Gasteiger partial charge in [0.25, 0.3) is 0 Å². The smallest absolute Gasteiger partial charge is 0.338 e. The number of carbonyl (C=O) groups excluding carboxylic acids is 1. The van der Waals surface area contributed by atoms with E-state index in [4.69, 9.17) is 18.9 Å². The summed E-state index contributed by atoms with van der Waals surface area (Å²) >= 11 is 0. The zero-order chi connectivity index (χ0) is 16.8. The van der Waals surface area contributed by atoms with Gasteiger partial charge in [0, 0.05) is 0 Å². The molecule has 0 radical (unpaired) electrons. The molecule has 5 nitrogen and oxygen atoms in total. The Balaban J connectivity index is 2.06. The fourth-order valence-corrected chi connectivity index (χ4v) is 2.00. The fraction of sp³-hybridized carbons (Fsp3) is 0.235. The Hall–Kier alpha value is -2.76. The molecule has 0 aromatic heterocycles. The lowest BCUT2D eigenvalue weighted by atomic mass is 10.2. The van der Waals surface area contributed by atoms with Crippen molar-refractivity contribution >= 4 is 5.97 Å². The summed E-state index contributed by atoms with van der Waals surface area (Å²) < 4.78 is 33.8. The highest BCUT2D eigenvalue weighted by Gasteiger charge is 2.12. The molecule has 0 unspecified atom stereocenters. The van der Waals surface area contributed by atoms with Gasteiger partial charge in [-0.25, -0.2) is 9.18 Å². The van der Waals surface area contributed by atoms with Crippen LogP contribution in [0, 0.1) is 5.82 Å². The molecule has 0 N–H and O–H groups in total. The molecule has 0 aliphatic heterocycles. The van der Waals surface area contributed by atoms with E-state index in [1.807, 2.05) is 0 Å². The van der Waals surface area contributed by atoms with Gasteiger partial charge >= 0.3 is 5.97 Å². The van der Waals surface area contributed by atoms with Gasteiger partial charge in [-0.05, 0) is 35.9 Å². The van der Waals surface area contributed by atoms with Crippen LogP contribution in [0.4, 0.5) is 4.39 Å². The molecule has 0 saturated heterocycles. The molecule has 0 heterocycles. The minimum absolute atomic E-state index is 0.0475. The molecule has 0 aliphatic carbocycles. The summed E-state index contributed by atoms with van der Waals surface area (Å²) in [5.74, 6) is 0.0352. The lowest BCUT2D eigenvalue weighted by molar-refractivity contribution is 0.0472. The van der Waals surface area contributed by atoms with Crippen molar-refractivity contribution in [1.82, 2.24) is 0 Å². The number of benzene rings is 2. The highest BCUT2D eigenvalue weighted by molar-refractivity contribution is 5.90. The molecule has 0 fully saturated rings. The molecule has 0 amide bonds. The average Bonchev–Trinajstić information content (AvgIpc) is 2.59. The Bertz CT molecular complexity index is 699. The number of halogens is 1. The minimum Gasteiger partial charge on any atom is -0.494 e. The van der Waals surface area contributed by atoms with E-state index in [2.05, 4.69) is 0 Å². The van der Waals surface area contributed by atoms with Crippen LogP contribution in [-0.4, -0.2) is 27.3 Å². The van der Waals surface area contributed by atoms with Crippen LogP contribution in [0.5, 0.6) is 17.2 Å². The zero-order valence-electron chi connectivity index (χ0n) is 13.1. The predicted octanol–water partition coefficient (Wildman–Crippen LogP) is 3.21. The van der Waals surface area contributed by atoms with Crippen molar-refractivity contribution < 1.29 is 28.1 Å². The first-order valence-electron chi connectivity index (χ1n) is 6.80. The van der Waals surface area contributed by atoms with Crippen LogP contribution in [0.3, 0.4) is 0 Å². The van der Waals surface area contributed by atoms with Crippen molar-refractivity contribution in [2.45, 2.75) is 6.61 Å². The van der Waals surface area contributed by atoms with Crippen molar-refractivity contribution in [3.8, 4) is 17.2 Å². The maximum Gasteiger partial charge on any atom is 0.338 e. The fourth-order valence-electron chi connectivity index (χ4n) is 2.00. The summed E-state index contributed by atoms with van der Waals surface area (Å²) in [6.45, 7) is -0.0475. The number of hydrogen-bond donors (Lipinski definition) is 0. The van der Waals surface area contributed by atoms with E-state index in [0.717, 1.165) is 0 Å². The van der Waals surface area contributed by atoms with Gasteiger partial charge in [0.1, 0.15) is 6.61 Å². The molecule has 0 bridgehead atoms. The van der Waals surface area contributed by atoms with Crippen LogP contribution in [0.2, 0.25) is 0 Å². The number of esters is 1. The number of hydrogen-bond acceptors (Lipinski definition) is 5. The lowest BCUT2D eigenvalue weighted by Gasteiger charge is -2.10. The summed E-state index contributed by atoms with van der Waals surface area (Å²) in [6, 6.07) is 9.08. The number of rotatable bonds is 6. The van der Waals surface area contributed by atoms with Crippen LogP contribution >= 0.6 is 0 Å². The number of carbonyl (C=O) groups is 1. The van der Waals surface area contributed by atoms with Crippen LogP contribution in [0.25, 0.3) is 0 Å². The predicted molar refractivity (Wildman–Crippen MR) is 81.6 cm³/mol. The molecule has 23 heavy (non-hydrogen) atoms. The highest BCUT2D eigenvalue weighted by Crippen LogP contribution is 2.28. The van der Waals surface area contributed by atoms with E-state index in [1.54, 1.807) is 18.2 Å². The monoisotopic (exact) mass is 320 g/mol. The second-order valence-electron chi connectivity index (χ2n) is 4.61. The summed E-state index contributed by atoms with van der Waals surface area (Å²) in [7, 11) is 4.37. The van der Waals surface area contributed by atoms with Crippen LogP contribution in [0.15, 0.2) is 36.4 Å². The van der Waals surface area contributed by atoms with Gasteiger partial charge in [0.15, 0.2) is 23.1 Å². The van der Waals surface area contributed by atoms with Crippen LogP contribution in [0.1, 0.15) is 15.9 Å². The Morgan fingerprint density at radius 3 is 2.17 bits per heavy atom. The van der Waals surface area contributed by atoms with Crippen LogP contribution < -0.4 is 14.2 Å². The van der Waals surface area contributed by atoms with Gasteiger partial charge in [-0.2, -0.15) is 0 Å². The third-order valence-corrected chi connectivity index (χ3v) is 3.21. The molecule has 2 aromatic carbocycles. The molecular weight excluding hydrogens is 303 g/mol. The second kappa shape index (κ2) is 7.49. The number of methoxy groups -OCH3 is 3. The van der Waals surface area contributed by atoms with Gasteiger partial charge in [0.05, 0.1) is 26.9 Å². The van der Waals surface area contributed by atoms with Gasteiger partial charge < -0.3 is 18.9 Å². The largest absolute Gasteiger partial charge is 0.494 e. The van der Waals surface area contributed by atoms with Crippen molar-refractivity contribution in [3.05, 3.63) is 53.3 Å². The molecular formula is C17H17FO5. The first-order chi connectivity index (χ1) is 11.1. The molecule has 122 valence electrons. The molecule has 2 aromatic rings. The maximum atomic E-state index is 13.6. The summed E-state index contributed by atoms with van der Waals surface area (Å²) in [6.07, 6.45) is 0. The first kappa shape index (κ1) is 16.6. The third-order valence-electron chi connectivity index (χ3n) is 3.21. The maximum absolute atomic E-state index is 13.6. The normalized spacial score (nSPS) is 10.1. The summed E-state index contributed by atoms with van der Waals surface area (Å²) in [4.78, 5) is 12.1. The van der Waals surface area contributed by atoms with Crippen LogP contribution in [-0.2, 0) is 11.3 Å². The van der Waals surface area contributed by atoms with E-state index in [-0.39, 0.29) is 12.4 Å². The van der Waals surface area contributed by atoms with Gasteiger partial charge in [0.2, 0.25) is 0 Å². The molecule has 0 atom stereocenters. The third kappa shape index (κ3) is 3.91. The molecule has 0 aliphatic rings. The van der Waals surface area contributed by atoms with Gasteiger partial charge in [-0.1, -0.05) is 6.07 Å². The molecule has 0 spiro atoms. The van der Waals surface area contributed by atoms with Crippen molar-refractivity contribution in [2.75, 3.05) is 21.3 Å². The van der Waals surface area contributed by atoms with Gasteiger partial charge in [-0.15, -0.1) is 0 Å². The van der Waals surface area contributed by atoms with E-state index in [9.17, 15) is 9.18 Å². The summed E-state index contributed by atoms with van der Waals surface area (Å²) in [5.41, 5.74) is 0.841. The van der Waals surface area contributed by atoms with E-state index >= 15 is 0 Å². The number of ether oxygens (including phenoxy) is 4. The standard InChI is InChI=1S/C17H17FO5/c1-20-14-6-4-11(8-13(14)18)10-23-17(19)12-5-7-15(21-2)16(9-12)22-3/h4-9H,10H2,1-3H3. The quantitative estimate of drug-likeness (QED) is 0.765. The highest BCUT2D eigenvalue weighted by atomic mass is 19.1. The van der Waals surface area contributed by atoms with E-state index < -0.39 is 11.8 Å². The summed E-state index contributed by atoms with van der Waals surface area (Å²) in [5, 5.41) is 0.